The molecule has 1 aliphatic rings. The molecule has 196 valence electrons. The Labute approximate surface area is 216 Å². The first kappa shape index (κ1) is 27.0. The van der Waals surface area contributed by atoms with Crippen LogP contribution in [0.4, 0.5) is 13.2 Å². The monoisotopic (exact) mass is 510 g/mol. The second-order valence-electron chi connectivity index (χ2n) is 9.31. The maximum atomic E-state index is 15.0. The molecule has 37 heavy (non-hydrogen) atoms. The van der Waals surface area contributed by atoms with Crippen LogP contribution in [0.25, 0.3) is 22.3 Å². The van der Waals surface area contributed by atoms with E-state index in [-0.39, 0.29) is 11.3 Å². The fourth-order valence-corrected chi connectivity index (χ4v) is 4.39. The average molecular weight is 511 g/mol. The molecule has 0 aromatic heterocycles. The van der Waals surface area contributed by atoms with Crippen molar-refractivity contribution in [3.05, 3.63) is 90.0 Å². The lowest BCUT2D eigenvalue weighted by molar-refractivity contribution is -0.206. The molecule has 0 radical (unpaired) electrons. The number of benzene rings is 3. The van der Waals surface area contributed by atoms with Gasteiger partial charge in [0.15, 0.2) is 17.9 Å². The second-order valence-corrected chi connectivity index (χ2v) is 9.31. The van der Waals surface area contributed by atoms with Crippen molar-refractivity contribution in [3.8, 4) is 28.0 Å². The minimum Gasteiger partial charge on any atom is -0.462 e. The standard InChI is InChI=1S/C31H33F3O3/c1-3-5-7-8-21-19-36-31(37-20-21)24-13-14-25(27(32)18-24)22-9-11-23(12-10-22)26-15-16-28(30(34)29(26)33)35-17-6-4-2/h6,9-18,21,31H,3-5,7-8,19-20H2,1-2H3/b17-6-. The van der Waals surface area contributed by atoms with Gasteiger partial charge in [0.1, 0.15) is 5.82 Å². The molecule has 3 aromatic rings. The number of ether oxygens (including phenoxy) is 3. The molecule has 0 amide bonds. The van der Waals surface area contributed by atoms with Crippen molar-refractivity contribution in [1.29, 1.82) is 0 Å². The van der Waals surface area contributed by atoms with Crippen molar-refractivity contribution in [2.45, 2.75) is 52.2 Å². The van der Waals surface area contributed by atoms with Crippen molar-refractivity contribution >= 4 is 0 Å². The number of rotatable bonds is 10. The highest BCUT2D eigenvalue weighted by molar-refractivity contribution is 5.71. The third-order valence-corrected chi connectivity index (χ3v) is 6.53. The van der Waals surface area contributed by atoms with Crippen LogP contribution in [0.15, 0.2) is 66.9 Å². The zero-order valence-corrected chi connectivity index (χ0v) is 21.3. The summed E-state index contributed by atoms with van der Waals surface area (Å²) in [5.41, 5.74) is 2.25. The Bertz CT molecular complexity index is 1200. The third-order valence-electron chi connectivity index (χ3n) is 6.53. The Morgan fingerprint density at radius 2 is 1.51 bits per heavy atom. The molecular weight excluding hydrogens is 477 g/mol. The van der Waals surface area contributed by atoms with Gasteiger partial charge in [-0.05, 0) is 48.2 Å². The van der Waals surface area contributed by atoms with Crippen molar-refractivity contribution in [2.24, 2.45) is 5.92 Å². The van der Waals surface area contributed by atoms with Gasteiger partial charge in [0, 0.05) is 22.6 Å². The van der Waals surface area contributed by atoms with Crippen LogP contribution in [0, 0.1) is 23.4 Å². The van der Waals surface area contributed by atoms with Crippen molar-refractivity contribution in [1.82, 2.24) is 0 Å². The third kappa shape index (κ3) is 6.62. The van der Waals surface area contributed by atoms with Gasteiger partial charge in [0.2, 0.25) is 5.82 Å². The predicted molar refractivity (Wildman–Crippen MR) is 140 cm³/mol. The molecule has 1 heterocycles. The molecule has 6 heteroatoms. The Kier molecular flexibility index (Phi) is 9.42. The van der Waals surface area contributed by atoms with Crippen LogP contribution in [-0.2, 0) is 9.47 Å². The van der Waals surface area contributed by atoms with Gasteiger partial charge in [-0.1, -0.05) is 69.5 Å². The highest BCUT2D eigenvalue weighted by Gasteiger charge is 2.24. The molecule has 0 spiro atoms. The summed E-state index contributed by atoms with van der Waals surface area (Å²) in [6.07, 6.45) is 7.82. The van der Waals surface area contributed by atoms with Crippen LogP contribution in [0.3, 0.4) is 0 Å². The van der Waals surface area contributed by atoms with E-state index in [1.165, 1.54) is 43.7 Å². The van der Waals surface area contributed by atoms with Gasteiger partial charge in [-0.15, -0.1) is 0 Å². The highest BCUT2D eigenvalue weighted by Crippen LogP contribution is 2.34. The van der Waals surface area contributed by atoms with Crippen LogP contribution in [0.5, 0.6) is 5.75 Å². The van der Waals surface area contributed by atoms with Crippen LogP contribution in [-0.4, -0.2) is 13.2 Å². The number of hydrogen-bond donors (Lipinski definition) is 0. The van der Waals surface area contributed by atoms with E-state index in [9.17, 15) is 8.78 Å². The van der Waals surface area contributed by atoms with Crippen LogP contribution >= 0.6 is 0 Å². The summed E-state index contributed by atoms with van der Waals surface area (Å²) < 4.78 is 61.1. The lowest BCUT2D eigenvalue weighted by Crippen LogP contribution is -2.27. The molecule has 3 aromatic carbocycles. The van der Waals surface area contributed by atoms with E-state index in [2.05, 4.69) is 6.92 Å². The molecule has 1 fully saturated rings. The minimum atomic E-state index is -1.05. The van der Waals surface area contributed by atoms with Gasteiger partial charge in [-0.3, -0.25) is 0 Å². The number of allylic oxidation sites excluding steroid dienone is 1. The van der Waals surface area contributed by atoms with E-state index in [4.69, 9.17) is 14.2 Å². The minimum absolute atomic E-state index is 0.103. The second kappa shape index (κ2) is 12.9. The van der Waals surface area contributed by atoms with E-state index < -0.39 is 23.7 Å². The quantitative estimate of drug-likeness (QED) is 0.201. The van der Waals surface area contributed by atoms with Gasteiger partial charge >= 0.3 is 0 Å². The lowest BCUT2D eigenvalue weighted by Gasteiger charge is -2.29. The summed E-state index contributed by atoms with van der Waals surface area (Å²) in [4.78, 5) is 0. The normalized spacial score (nSPS) is 17.9. The number of unbranched alkanes of at least 4 members (excludes halogenated alkanes) is 2. The molecule has 4 rings (SSSR count). The van der Waals surface area contributed by atoms with E-state index in [0.29, 0.717) is 41.4 Å². The molecule has 0 unspecified atom stereocenters. The van der Waals surface area contributed by atoms with E-state index >= 15 is 4.39 Å². The summed E-state index contributed by atoms with van der Waals surface area (Å²) in [6, 6.07) is 14.5. The molecule has 1 aliphatic heterocycles. The van der Waals surface area contributed by atoms with Gasteiger partial charge in [-0.2, -0.15) is 4.39 Å². The fourth-order valence-electron chi connectivity index (χ4n) is 4.39. The maximum absolute atomic E-state index is 15.0. The predicted octanol–water partition coefficient (Wildman–Crippen LogP) is 8.98. The topological polar surface area (TPSA) is 27.7 Å². The van der Waals surface area contributed by atoms with E-state index in [1.54, 1.807) is 42.5 Å². The van der Waals surface area contributed by atoms with Crippen molar-refractivity contribution < 1.29 is 27.4 Å². The SMILES string of the molecule is CC/C=C\Oc1ccc(-c2ccc(-c3ccc(C4OCC(CCCCC)CO4)cc3F)cc2)c(F)c1F. The molecule has 0 bridgehead atoms. The first-order valence-electron chi connectivity index (χ1n) is 12.9. The summed E-state index contributed by atoms with van der Waals surface area (Å²) in [7, 11) is 0. The molecule has 3 nitrogen and oxygen atoms in total. The Hall–Kier alpha value is -3.09. The number of halogens is 3. The smallest absolute Gasteiger partial charge is 0.201 e. The lowest BCUT2D eigenvalue weighted by atomic mass is 9.98. The Balaban J connectivity index is 1.44. The average Bonchev–Trinajstić information content (AvgIpc) is 2.92. The van der Waals surface area contributed by atoms with Gasteiger partial charge in [0.05, 0.1) is 19.5 Å². The zero-order chi connectivity index (χ0) is 26.2. The van der Waals surface area contributed by atoms with Crippen LogP contribution < -0.4 is 4.74 Å². The zero-order valence-electron chi connectivity index (χ0n) is 21.3. The summed E-state index contributed by atoms with van der Waals surface area (Å²) in [5.74, 6) is -2.25. The summed E-state index contributed by atoms with van der Waals surface area (Å²) in [6.45, 7) is 5.31. The molecule has 0 N–H and O–H groups in total. The molecular formula is C31H33F3O3. The van der Waals surface area contributed by atoms with Crippen molar-refractivity contribution in [3.63, 3.8) is 0 Å². The summed E-state index contributed by atoms with van der Waals surface area (Å²) >= 11 is 0. The van der Waals surface area contributed by atoms with E-state index in [1.807, 2.05) is 6.92 Å². The van der Waals surface area contributed by atoms with Gasteiger partial charge in [-0.25, -0.2) is 8.78 Å². The Morgan fingerprint density at radius 1 is 0.838 bits per heavy atom. The fraction of sp³-hybridized carbons (Fsp3) is 0.355. The molecule has 0 aliphatic carbocycles. The maximum Gasteiger partial charge on any atom is 0.201 e. The van der Waals surface area contributed by atoms with Crippen LogP contribution in [0.2, 0.25) is 0 Å². The Morgan fingerprint density at radius 3 is 2.16 bits per heavy atom. The molecule has 1 saturated heterocycles. The van der Waals surface area contributed by atoms with E-state index in [0.717, 1.165) is 12.8 Å². The first-order chi connectivity index (χ1) is 18.0. The highest BCUT2D eigenvalue weighted by atomic mass is 19.2. The summed E-state index contributed by atoms with van der Waals surface area (Å²) in [5, 5.41) is 0. The largest absolute Gasteiger partial charge is 0.462 e. The molecule has 0 saturated carbocycles. The van der Waals surface area contributed by atoms with Gasteiger partial charge in [0.25, 0.3) is 0 Å². The van der Waals surface area contributed by atoms with Crippen molar-refractivity contribution in [2.75, 3.05) is 13.2 Å². The first-order valence-corrected chi connectivity index (χ1v) is 12.9. The van der Waals surface area contributed by atoms with Gasteiger partial charge < -0.3 is 14.2 Å². The number of hydrogen-bond acceptors (Lipinski definition) is 3. The van der Waals surface area contributed by atoms with Crippen LogP contribution in [0.1, 0.15) is 57.8 Å². The molecule has 0 atom stereocenters.